The van der Waals surface area contributed by atoms with Gasteiger partial charge in [0.25, 0.3) is 0 Å². The fraction of sp³-hybridized carbons (Fsp3) is 0.571. The van der Waals surface area contributed by atoms with Gasteiger partial charge < -0.3 is 5.32 Å². The fourth-order valence-corrected chi connectivity index (χ4v) is 1.71. The molecule has 0 amide bonds. The number of anilines is 1. The highest BCUT2D eigenvalue weighted by atomic mass is 32.2. The van der Waals surface area contributed by atoms with Gasteiger partial charge in [0.15, 0.2) is 10.3 Å². The fourth-order valence-electron chi connectivity index (χ4n) is 0.735. The molecule has 0 aliphatic heterocycles. The summed E-state index contributed by atoms with van der Waals surface area (Å²) in [6.45, 7) is 2.08. The molecule has 13 heavy (non-hydrogen) atoms. The summed E-state index contributed by atoms with van der Waals surface area (Å²) in [7, 11) is 1.81. The van der Waals surface area contributed by atoms with Crippen LogP contribution < -0.4 is 5.32 Å². The Labute approximate surface area is 86.3 Å². The predicted octanol–water partition coefficient (Wildman–Crippen LogP) is 1.75. The zero-order chi connectivity index (χ0) is 9.68. The molecule has 1 rings (SSSR count). The Morgan fingerprint density at radius 3 is 2.46 bits per heavy atom. The molecular formula is C7H12N4S2. The van der Waals surface area contributed by atoms with Crippen LogP contribution in [0.5, 0.6) is 0 Å². The maximum absolute atomic E-state index is 4.25. The second-order valence-electron chi connectivity index (χ2n) is 2.11. The van der Waals surface area contributed by atoms with Crippen molar-refractivity contribution in [1.29, 1.82) is 0 Å². The van der Waals surface area contributed by atoms with Crippen LogP contribution in [0.4, 0.5) is 5.95 Å². The van der Waals surface area contributed by atoms with Crippen LogP contribution in [0.15, 0.2) is 10.3 Å². The van der Waals surface area contributed by atoms with Gasteiger partial charge in [-0.05, 0) is 12.0 Å². The summed E-state index contributed by atoms with van der Waals surface area (Å²) in [5.74, 6) is 1.61. The lowest BCUT2D eigenvalue weighted by molar-refractivity contribution is 0.809. The van der Waals surface area contributed by atoms with Gasteiger partial charge in [-0.2, -0.15) is 15.0 Å². The number of hydrogen-bond acceptors (Lipinski definition) is 6. The number of nitrogens with zero attached hydrogens (tertiary/aromatic N) is 3. The third kappa shape index (κ3) is 3.04. The van der Waals surface area contributed by atoms with Gasteiger partial charge in [0.1, 0.15) is 0 Å². The zero-order valence-electron chi connectivity index (χ0n) is 7.87. The zero-order valence-corrected chi connectivity index (χ0v) is 9.50. The van der Waals surface area contributed by atoms with Crippen molar-refractivity contribution in [2.24, 2.45) is 0 Å². The van der Waals surface area contributed by atoms with Crippen LogP contribution in [-0.2, 0) is 0 Å². The average Bonchev–Trinajstić information content (AvgIpc) is 2.17. The second kappa shape index (κ2) is 5.29. The molecule has 0 saturated carbocycles. The van der Waals surface area contributed by atoms with Gasteiger partial charge in [-0.3, -0.25) is 0 Å². The third-order valence-electron chi connectivity index (χ3n) is 1.27. The molecule has 0 aromatic carbocycles. The highest BCUT2D eigenvalue weighted by Gasteiger charge is 2.03. The van der Waals surface area contributed by atoms with E-state index in [1.54, 1.807) is 18.8 Å². The number of aromatic nitrogens is 3. The first kappa shape index (κ1) is 10.6. The molecule has 72 valence electrons. The molecule has 0 saturated heterocycles. The van der Waals surface area contributed by atoms with E-state index in [1.165, 1.54) is 11.8 Å². The van der Waals surface area contributed by atoms with Crippen molar-refractivity contribution in [1.82, 2.24) is 15.0 Å². The quantitative estimate of drug-likeness (QED) is 0.774. The average molecular weight is 216 g/mol. The van der Waals surface area contributed by atoms with Crippen molar-refractivity contribution in [2.75, 3.05) is 24.4 Å². The highest BCUT2D eigenvalue weighted by Crippen LogP contribution is 2.17. The van der Waals surface area contributed by atoms with E-state index in [-0.39, 0.29) is 0 Å². The van der Waals surface area contributed by atoms with E-state index in [1.807, 2.05) is 6.26 Å². The van der Waals surface area contributed by atoms with Crippen LogP contribution in [-0.4, -0.2) is 34.0 Å². The molecule has 1 aromatic rings. The molecule has 6 heteroatoms. The Balaban J connectivity index is 2.93. The van der Waals surface area contributed by atoms with Crippen molar-refractivity contribution in [3.05, 3.63) is 0 Å². The Bertz CT molecular complexity index is 257. The first-order valence-electron chi connectivity index (χ1n) is 3.90. The molecule has 0 unspecified atom stereocenters. The van der Waals surface area contributed by atoms with Gasteiger partial charge in [-0.15, -0.1) is 0 Å². The Kier molecular flexibility index (Phi) is 4.31. The molecule has 0 aliphatic rings. The first-order valence-corrected chi connectivity index (χ1v) is 6.11. The third-order valence-corrected chi connectivity index (χ3v) is 2.55. The van der Waals surface area contributed by atoms with E-state index in [9.17, 15) is 0 Å². The van der Waals surface area contributed by atoms with Crippen molar-refractivity contribution in [2.45, 2.75) is 17.2 Å². The molecule has 1 heterocycles. The highest BCUT2D eigenvalue weighted by molar-refractivity contribution is 7.99. The molecule has 0 fully saturated rings. The molecule has 0 spiro atoms. The van der Waals surface area contributed by atoms with Crippen LogP contribution in [0, 0.1) is 0 Å². The van der Waals surface area contributed by atoms with Gasteiger partial charge in [-0.25, -0.2) is 0 Å². The number of rotatable bonds is 4. The van der Waals surface area contributed by atoms with Gasteiger partial charge in [0, 0.05) is 7.05 Å². The molecular weight excluding hydrogens is 204 g/mol. The van der Waals surface area contributed by atoms with E-state index in [0.717, 1.165) is 16.1 Å². The summed E-state index contributed by atoms with van der Waals surface area (Å²) in [5, 5.41) is 4.45. The smallest absolute Gasteiger partial charge is 0.227 e. The SMILES string of the molecule is CCSc1nc(NC)nc(SC)n1. The summed E-state index contributed by atoms with van der Waals surface area (Å²) >= 11 is 3.14. The van der Waals surface area contributed by atoms with Crippen LogP contribution in [0.1, 0.15) is 6.92 Å². The van der Waals surface area contributed by atoms with Gasteiger partial charge in [0.05, 0.1) is 0 Å². The van der Waals surface area contributed by atoms with Crippen LogP contribution >= 0.6 is 23.5 Å². The second-order valence-corrected chi connectivity index (χ2v) is 4.12. The standard InChI is InChI=1S/C7H12N4S2/c1-4-13-7-10-5(8-2)9-6(11-7)12-3/h4H2,1-3H3,(H,8,9,10,11). The lowest BCUT2D eigenvalue weighted by atomic mass is 10.9. The lowest BCUT2D eigenvalue weighted by Gasteiger charge is -2.02. The normalized spacial score (nSPS) is 10.1. The topological polar surface area (TPSA) is 50.7 Å². The molecule has 1 N–H and O–H groups in total. The van der Waals surface area contributed by atoms with Crippen molar-refractivity contribution >= 4 is 29.5 Å². The summed E-state index contributed by atoms with van der Waals surface area (Å²) in [6, 6.07) is 0. The van der Waals surface area contributed by atoms with Crippen molar-refractivity contribution in [3.8, 4) is 0 Å². The predicted molar refractivity (Wildman–Crippen MR) is 57.6 cm³/mol. The van der Waals surface area contributed by atoms with Crippen LogP contribution in [0.3, 0.4) is 0 Å². The summed E-state index contributed by atoms with van der Waals surface area (Å²) < 4.78 is 0. The number of nitrogens with one attached hydrogen (secondary N) is 1. The van der Waals surface area contributed by atoms with Crippen LogP contribution in [0.25, 0.3) is 0 Å². The van der Waals surface area contributed by atoms with Crippen molar-refractivity contribution in [3.63, 3.8) is 0 Å². The molecule has 1 aromatic heterocycles. The Morgan fingerprint density at radius 2 is 1.92 bits per heavy atom. The minimum Gasteiger partial charge on any atom is -0.357 e. The maximum Gasteiger partial charge on any atom is 0.227 e. The minimum atomic E-state index is 0.635. The molecule has 0 bridgehead atoms. The van der Waals surface area contributed by atoms with E-state index in [2.05, 4.69) is 27.2 Å². The monoisotopic (exact) mass is 216 g/mol. The van der Waals surface area contributed by atoms with E-state index >= 15 is 0 Å². The lowest BCUT2D eigenvalue weighted by Crippen LogP contribution is -2.01. The summed E-state index contributed by atoms with van der Waals surface area (Å²) in [5.41, 5.74) is 0. The van der Waals surface area contributed by atoms with Gasteiger partial charge in [-0.1, -0.05) is 30.4 Å². The Hall–Kier alpha value is -0.490. The molecule has 0 radical (unpaired) electrons. The van der Waals surface area contributed by atoms with Crippen molar-refractivity contribution < 1.29 is 0 Å². The minimum absolute atomic E-state index is 0.635. The summed E-state index contributed by atoms with van der Waals surface area (Å²) in [4.78, 5) is 12.6. The molecule has 4 nitrogen and oxygen atoms in total. The maximum atomic E-state index is 4.25. The van der Waals surface area contributed by atoms with Crippen LogP contribution in [0.2, 0.25) is 0 Å². The van der Waals surface area contributed by atoms with E-state index in [4.69, 9.17) is 0 Å². The van der Waals surface area contributed by atoms with E-state index < -0.39 is 0 Å². The Morgan fingerprint density at radius 1 is 1.23 bits per heavy atom. The van der Waals surface area contributed by atoms with E-state index in [0.29, 0.717) is 5.95 Å². The first-order chi connectivity index (χ1) is 6.30. The van der Waals surface area contributed by atoms with Gasteiger partial charge >= 0.3 is 0 Å². The largest absolute Gasteiger partial charge is 0.357 e. The molecule has 0 aliphatic carbocycles. The van der Waals surface area contributed by atoms with Gasteiger partial charge in [0.2, 0.25) is 5.95 Å². The molecule has 0 atom stereocenters. The number of hydrogen-bond donors (Lipinski definition) is 1. The summed E-state index contributed by atoms with van der Waals surface area (Å²) in [6.07, 6.45) is 1.95. The number of thioether (sulfide) groups is 2.